The predicted molar refractivity (Wildman–Crippen MR) is 104 cm³/mol. The molecule has 1 aromatic carbocycles. The molecular formula is C18H22BrN3O3S. The average molecular weight is 440 g/mol. The Balaban J connectivity index is 1.33. The van der Waals surface area contributed by atoms with Crippen LogP contribution < -0.4 is 11.1 Å². The molecule has 8 heteroatoms. The number of hydrogen-bond acceptors (Lipinski definition) is 5. The van der Waals surface area contributed by atoms with Gasteiger partial charge in [0, 0.05) is 17.6 Å². The Morgan fingerprint density at radius 2 is 2.04 bits per heavy atom. The lowest BCUT2D eigenvalue weighted by atomic mass is 9.96. The number of piperidine rings is 1. The van der Waals surface area contributed by atoms with Crippen LogP contribution in [0, 0.1) is 5.92 Å². The van der Waals surface area contributed by atoms with Crippen molar-refractivity contribution in [2.45, 2.75) is 37.7 Å². The second-order valence-corrected chi connectivity index (χ2v) is 8.64. The van der Waals surface area contributed by atoms with Crippen molar-refractivity contribution >= 4 is 33.7 Å². The Bertz CT molecular complexity index is 722. The fraction of sp³-hybridized carbons (Fsp3) is 0.500. The van der Waals surface area contributed by atoms with Gasteiger partial charge in [0.2, 0.25) is 0 Å². The lowest BCUT2D eigenvalue weighted by Gasteiger charge is -2.34. The Hall–Kier alpha value is -1.22. The Morgan fingerprint density at radius 3 is 2.81 bits per heavy atom. The van der Waals surface area contributed by atoms with Crippen molar-refractivity contribution in [1.82, 2.24) is 10.2 Å². The summed E-state index contributed by atoms with van der Waals surface area (Å²) in [6, 6.07) is 5.80. The summed E-state index contributed by atoms with van der Waals surface area (Å²) in [7, 11) is 0. The number of urea groups is 1. The number of benzene rings is 1. The minimum atomic E-state index is -0.377. The number of nitrogens with zero attached hydrogens (tertiary/aromatic N) is 1. The maximum atomic E-state index is 11.3. The van der Waals surface area contributed by atoms with Gasteiger partial charge in [0.25, 0.3) is 0 Å². The molecule has 140 valence electrons. The number of hydrogen-bond donors (Lipinski definition) is 2. The molecule has 3 aliphatic rings. The molecular weight excluding hydrogens is 418 g/mol. The molecule has 1 saturated heterocycles. The molecule has 0 bridgehead atoms. The van der Waals surface area contributed by atoms with Crippen LogP contribution in [0.1, 0.15) is 24.0 Å². The highest BCUT2D eigenvalue weighted by atomic mass is 79.9. The van der Waals surface area contributed by atoms with Crippen LogP contribution in [0.5, 0.6) is 0 Å². The number of nitrogens with two attached hydrogens (primary N) is 1. The van der Waals surface area contributed by atoms with E-state index < -0.39 is 0 Å². The quantitative estimate of drug-likeness (QED) is 0.739. The molecule has 3 N–H and O–H groups in total. The van der Waals surface area contributed by atoms with E-state index in [1.54, 1.807) is 16.7 Å². The third-order valence-electron chi connectivity index (χ3n) is 5.17. The Labute approximate surface area is 165 Å². The summed E-state index contributed by atoms with van der Waals surface area (Å²) in [5.41, 5.74) is 8.66. The molecule has 6 nitrogen and oxygen atoms in total. The van der Waals surface area contributed by atoms with Gasteiger partial charge >= 0.3 is 6.03 Å². The molecule has 0 radical (unpaired) electrons. The van der Waals surface area contributed by atoms with Crippen LogP contribution in [0.25, 0.3) is 0 Å². The molecule has 2 amide bonds. The number of halogens is 1. The van der Waals surface area contributed by atoms with Crippen LogP contribution >= 0.6 is 27.7 Å². The summed E-state index contributed by atoms with van der Waals surface area (Å²) in [6.07, 6.45) is 1.54. The predicted octanol–water partition coefficient (Wildman–Crippen LogP) is 3.12. The van der Waals surface area contributed by atoms with E-state index in [9.17, 15) is 4.79 Å². The van der Waals surface area contributed by atoms with E-state index in [4.69, 9.17) is 15.2 Å². The zero-order valence-electron chi connectivity index (χ0n) is 14.3. The highest BCUT2D eigenvalue weighted by Crippen LogP contribution is 2.35. The third kappa shape index (κ3) is 3.74. The highest BCUT2D eigenvalue weighted by molar-refractivity contribution is 9.10. The largest absolute Gasteiger partial charge is 0.372 e. The standard InChI is InChI=1S/C18H22BrN3O3S/c19-14-3-1-2-12-8-24-17(25-9-13(12)14)15-10-26-16(21-15)11-4-6-22(7-5-11)18(20)23/h1-3,10-11,16-17,21H,4-9H2,(H2,20,23). The average Bonchev–Trinajstić information content (AvgIpc) is 3.03. The van der Waals surface area contributed by atoms with Crippen molar-refractivity contribution in [3.05, 3.63) is 44.9 Å². The molecule has 2 unspecified atom stereocenters. The minimum Gasteiger partial charge on any atom is -0.372 e. The topological polar surface area (TPSA) is 76.8 Å². The summed E-state index contributed by atoms with van der Waals surface area (Å²) in [4.78, 5) is 13.0. The van der Waals surface area contributed by atoms with Gasteiger partial charge in [-0.2, -0.15) is 0 Å². The van der Waals surface area contributed by atoms with Crippen molar-refractivity contribution in [2.24, 2.45) is 11.7 Å². The van der Waals surface area contributed by atoms with Crippen LogP contribution in [-0.2, 0) is 22.7 Å². The zero-order valence-corrected chi connectivity index (χ0v) is 16.7. The van der Waals surface area contributed by atoms with Crippen LogP contribution in [-0.4, -0.2) is 35.7 Å². The van der Waals surface area contributed by atoms with Crippen molar-refractivity contribution in [3.8, 4) is 0 Å². The summed E-state index contributed by atoms with van der Waals surface area (Å²) in [5, 5.41) is 5.98. The molecule has 2 atom stereocenters. The van der Waals surface area contributed by atoms with Gasteiger partial charge in [0.15, 0.2) is 6.29 Å². The lowest BCUT2D eigenvalue weighted by Crippen LogP contribution is -2.45. The SMILES string of the molecule is NC(=O)N1CCC(C2NC(C3OCc4cccc(Br)c4CO3)=CS2)CC1. The molecule has 26 heavy (non-hydrogen) atoms. The first-order valence-corrected chi connectivity index (χ1v) is 10.5. The minimum absolute atomic E-state index is 0.296. The smallest absolute Gasteiger partial charge is 0.314 e. The number of carbonyl (C=O) groups is 1. The number of amides is 2. The molecule has 0 spiro atoms. The molecule has 3 aliphatic heterocycles. The number of primary amides is 1. The maximum Gasteiger partial charge on any atom is 0.314 e. The van der Waals surface area contributed by atoms with Gasteiger partial charge in [-0.05, 0) is 41.4 Å². The van der Waals surface area contributed by atoms with E-state index in [0.29, 0.717) is 24.5 Å². The number of likely N-dealkylation sites (tertiary alicyclic amines) is 1. The molecule has 3 heterocycles. The summed E-state index contributed by atoms with van der Waals surface area (Å²) in [5.74, 6) is 0.501. The van der Waals surface area contributed by atoms with Gasteiger partial charge < -0.3 is 25.4 Å². The van der Waals surface area contributed by atoms with Gasteiger partial charge in [-0.3, -0.25) is 0 Å². The molecule has 0 aliphatic carbocycles. The second kappa shape index (κ2) is 7.80. The lowest BCUT2D eigenvalue weighted by molar-refractivity contribution is -0.127. The first kappa shape index (κ1) is 18.2. The van der Waals surface area contributed by atoms with Gasteiger partial charge in [0.1, 0.15) is 0 Å². The van der Waals surface area contributed by atoms with Crippen LogP contribution in [0.15, 0.2) is 33.8 Å². The van der Waals surface area contributed by atoms with Crippen molar-refractivity contribution in [3.63, 3.8) is 0 Å². The van der Waals surface area contributed by atoms with E-state index in [1.807, 2.05) is 12.1 Å². The second-order valence-electron chi connectivity index (χ2n) is 6.77. The summed E-state index contributed by atoms with van der Waals surface area (Å²) in [6.45, 7) is 2.51. The van der Waals surface area contributed by atoms with E-state index in [0.717, 1.165) is 47.2 Å². The van der Waals surface area contributed by atoms with Gasteiger partial charge in [-0.25, -0.2) is 4.79 Å². The van der Waals surface area contributed by atoms with E-state index in [1.165, 1.54) is 0 Å². The van der Waals surface area contributed by atoms with Crippen molar-refractivity contribution in [2.75, 3.05) is 13.1 Å². The van der Waals surface area contributed by atoms with E-state index in [2.05, 4.69) is 32.7 Å². The monoisotopic (exact) mass is 439 g/mol. The number of fused-ring (bicyclic) bond motifs is 1. The van der Waals surface area contributed by atoms with Crippen LogP contribution in [0.3, 0.4) is 0 Å². The number of nitrogens with one attached hydrogen (secondary N) is 1. The molecule has 0 saturated carbocycles. The van der Waals surface area contributed by atoms with E-state index in [-0.39, 0.29) is 12.3 Å². The number of ether oxygens (including phenoxy) is 2. The Morgan fingerprint density at radius 1 is 1.27 bits per heavy atom. The Kier molecular flexibility index (Phi) is 5.45. The first-order valence-electron chi connectivity index (χ1n) is 8.77. The molecule has 4 rings (SSSR count). The maximum absolute atomic E-state index is 11.3. The summed E-state index contributed by atoms with van der Waals surface area (Å²) < 4.78 is 13.1. The molecule has 1 aromatic rings. The third-order valence-corrected chi connectivity index (χ3v) is 7.10. The summed E-state index contributed by atoms with van der Waals surface area (Å²) >= 11 is 5.37. The van der Waals surface area contributed by atoms with Crippen LogP contribution in [0.2, 0.25) is 0 Å². The van der Waals surface area contributed by atoms with Crippen molar-refractivity contribution in [1.29, 1.82) is 0 Å². The van der Waals surface area contributed by atoms with Crippen molar-refractivity contribution < 1.29 is 14.3 Å². The number of thioether (sulfide) groups is 1. The highest BCUT2D eigenvalue weighted by Gasteiger charge is 2.33. The van der Waals surface area contributed by atoms with Gasteiger partial charge in [-0.15, -0.1) is 11.8 Å². The van der Waals surface area contributed by atoms with Crippen LogP contribution in [0.4, 0.5) is 4.79 Å². The zero-order chi connectivity index (χ0) is 18.1. The number of carbonyl (C=O) groups excluding carboxylic acids is 1. The fourth-order valence-electron chi connectivity index (χ4n) is 3.61. The molecule has 0 aromatic heterocycles. The molecule has 1 fully saturated rings. The first-order chi connectivity index (χ1) is 12.6. The van der Waals surface area contributed by atoms with E-state index >= 15 is 0 Å². The van der Waals surface area contributed by atoms with Gasteiger partial charge in [0.05, 0.1) is 24.3 Å². The van der Waals surface area contributed by atoms with Gasteiger partial charge in [-0.1, -0.05) is 28.1 Å². The number of rotatable bonds is 2. The fourth-order valence-corrected chi connectivity index (χ4v) is 5.30. The normalized spacial score (nSPS) is 26.7.